The number of halogens is 1. The number of carbonyl (C=O) groups excluding carboxylic acids is 1. The third-order valence-corrected chi connectivity index (χ3v) is 7.03. The van der Waals surface area contributed by atoms with Gasteiger partial charge in [0.2, 0.25) is 5.88 Å². The highest BCUT2D eigenvalue weighted by Crippen LogP contribution is 2.31. The van der Waals surface area contributed by atoms with Crippen LogP contribution in [0.2, 0.25) is 0 Å². The number of amides is 1. The number of pyridine rings is 2. The van der Waals surface area contributed by atoms with Gasteiger partial charge in [-0.2, -0.15) is 10.4 Å². The molecule has 1 saturated heterocycles. The molecule has 11 nitrogen and oxygen atoms in total. The minimum atomic E-state index is -0.445. The van der Waals surface area contributed by atoms with Crippen LogP contribution in [0.15, 0.2) is 61.1 Å². The van der Waals surface area contributed by atoms with Gasteiger partial charge >= 0.3 is 0 Å². The van der Waals surface area contributed by atoms with E-state index in [0.29, 0.717) is 73.2 Å². The number of ether oxygens (including phenoxy) is 2. The first kappa shape index (κ1) is 29.5. The van der Waals surface area contributed by atoms with E-state index in [1.807, 2.05) is 17.9 Å². The fourth-order valence-corrected chi connectivity index (χ4v) is 4.95. The largest absolute Gasteiger partial charge is 0.488 e. The van der Waals surface area contributed by atoms with Gasteiger partial charge in [-0.15, -0.1) is 0 Å². The van der Waals surface area contributed by atoms with Crippen LogP contribution >= 0.6 is 0 Å². The molecule has 4 heterocycles. The molecule has 4 aromatic rings. The van der Waals surface area contributed by atoms with Gasteiger partial charge in [-0.05, 0) is 49.4 Å². The van der Waals surface area contributed by atoms with Crippen LogP contribution in [0.25, 0.3) is 11.3 Å². The highest BCUT2D eigenvalue weighted by Gasteiger charge is 2.26. The number of aliphatic hydroxyl groups excluding tert-OH is 1. The topological polar surface area (TPSA) is 138 Å². The first-order valence-corrected chi connectivity index (χ1v) is 14.1. The SMILES string of the molecule is CCOc1ncccc1-c1ccc(OC2CCN(c3ccc(F)cc3C#N)CC2)c(C(=O)NCc2cnn(CCO)c2)n1. The molecule has 0 aliphatic carbocycles. The molecule has 0 radical (unpaired) electrons. The van der Waals surface area contributed by atoms with Crippen molar-refractivity contribution in [3.05, 3.63) is 83.7 Å². The quantitative estimate of drug-likeness (QED) is 0.270. The van der Waals surface area contributed by atoms with Gasteiger partial charge in [-0.25, -0.2) is 14.4 Å². The lowest BCUT2D eigenvalue weighted by Gasteiger charge is -2.34. The van der Waals surface area contributed by atoms with E-state index in [0.717, 1.165) is 5.56 Å². The Balaban J connectivity index is 1.35. The van der Waals surface area contributed by atoms with Crippen LogP contribution in [0.3, 0.4) is 0 Å². The molecule has 0 bridgehead atoms. The van der Waals surface area contributed by atoms with Crippen molar-refractivity contribution < 1.29 is 23.8 Å². The second kappa shape index (κ2) is 13.8. The van der Waals surface area contributed by atoms with Gasteiger partial charge in [0, 0.05) is 50.4 Å². The summed E-state index contributed by atoms with van der Waals surface area (Å²) in [7, 11) is 0. The average Bonchev–Trinajstić information content (AvgIpc) is 3.48. The third kappa shape index (κ3) is 7.07. The van der Waals surface area contributed by atoms with Crippen LogP contribution in [-0.2, 0) is 13.1 Å². The molecule has 222 valence electrons. The number of hydrogen-bond acceptors (Lipinski definition) is 9. The lowest BCUT2D eigenvalue weighted by molar-refractivity contribution is 0.0935. The number of nitrogens with one attached hydrogen (secondary N) is 1. The Bertz CT molecular complexity index is 1610. The van der Waals surface area contributed by atoms with Crippen LogP contribution in [0.1, 0.15) is 41.4 Å². The van der Waals surface area contributed by atoms with Crippen LogP contribution in [0.4, 0.5) is 10.1 Å². The maximum atomic E-state index is 13.6. The van der Waals surface area contributed by atoms with Crippen molar-refractivity contribution in [1.29, 1.82) is 5.26 Å². The van der Waals surface area contributed by atoms with Crippen LogP contribution < -0.4 is 19.7 Å². The molecule has 12 heteroatoms. The molecule has 3 aromatic heterocycles. The summed E-state index contributed by atoms with van der Waals surface area (Å²) in [5, 5.41) is 25.7. The maximum absolute atomic E-state index is 13.6. The van der Waals surface area contributed by atoms with Crippen molar-refractivity contribution in [1.82, 2.24) is 25.1 Å². The summed E-state index contributed by atoms with van der Waals surface area (Å²) in [6, 6.07) is 13.4. The molecule has 1 fully saturated rings. The normalized spacial score (nSPS) is 13.4. The molecule has 1 aromatic carbocycles. The molecule has 0 spiro atoms. The fraction of sp³-hybridized carbons (Fsp3) is 0.323. The second-order valence-corrected chi connectivity index (χ2v) is 9.93. The number of benzene rings is 1. The number of aromatic nitrogens is 4. The highest BCUT2D eigenvalue weighted by atomic mass is 19.1. The fourth-order valence-electron chi connectivity index (χ4n) is 4.95. The maximum Gasteiger partial charge on any atom is 0.274 e. The number of nitriles is 1. The van der Waals surface area contributed by atoms with Crippen molar-refractivity contribution in [3.8, 4) is 29.0 Å². The van der Waals surface area contributed by atoms with Crippen LogP contribution in [-0.4, -0.2) is 63.2 Å². The molecule has 0 saturated carbocycles. The summed E-state index contributed by atoms with van der Waals surface area (Å²) in [4.78, 5) is 24.6. The van der Waals surface area contributed by atoms with Gasteiger partial charge in [0.1, 0.15) is 18.0 Å². The number of piperidine rings is 1. The van der Waals surface area contributed by atoms with Crippen molar-refractivity contribution in [2.24, 2.45) is 0 Å². The third-order valence-electron chi connectivity index (χ3n) is 7.03. The van der Waals surface area contributed by atoms with E-state index in [2.05, 4.69) is 21.5 Å². The summed E-state index contributed by atoms with van der Waals surface area (Å²) in [6.07, 6.45) is 6.09. The number of anilines is 1. The zero-order chi connectivity index (χ0) is 30.2. The zero-order valence-corrected chi connectivity index (χ0v) is 23.7. The Morgan fingerprint density at radius 2 is 2.07 bits per heavy atom. The first-order valence-electron chi connectivity index (χ1n) is 14.1. The van der Waals surface area contributed by atoms with E-state index in [9.17, 15) is 14.4 Å². The van der Waals surface area contributed by atoms with E-state index < -0.39 is 11.7 Å². The summed E-state index contributed by atoms with van der Waals surface area (Å²) >= 11 is 0. The number of rotatable bonds is 11. The summed E-state index contributed by atoms with van der Waals surface area (Å²) in [6.45, 7) is 4.03. The second-order valence-electron chi connectivity index (χ2n) is 9.93. The van der Waals surface area contributed by atoms with E-state index in [4.69, 9.17) is 19.6 Å². The minimum Gasteiger partial charge on any atom is -0.488 e. The van der Waals surface area contributed by atoms with Gasteiger partial charge in [0.15, 0.2) is 11.4 Å². The van der Waals surface area contributed by atoms with Gasteiger partial charge in [-0.3, -0.25) is 9.48 Å². The number of aliphatic hydroxyl groups is 1. The number of carbonyl (C=O) groups is 1. The van der Waals surface area contributed by atoms with Crippen molar-refractivity contribution >= 4 is 11.6 Å². The van der Waals surface area contributed by atoms with E-state index >= 15 is 0 Å². The molecule has 0 atom stereocenters. The van der Waals surface area contributed by atoms with Crippen LogP contribution in [0, 0.1) is 17.1 Å². The predicted molar refractivity (Wildman–Crippen MR) is 156 cm³/mol. The molecule has 1 aliphatic rings. The monoisotopic (exact) mass is 585 g/mol. The Kier molecular flexibility index (Phi) is 9.43. The van der Waals surface area contributed by atoms with Gasteiger partial charge in [0.05, 0.1) is 48.5 Å². The lowest BCUT2D eigenvalue weighted by atomic mass is 10.0. The number of hydrogen-bond donors (Lipinski definition) is 2. The average molecular weight is 586 g/mol. The molecule has 43 heavy (non-hydrogen) atoms. The Morgan fingerprint density at radius 3 is 2.84 bits per heavy atom. The highest BCUT2D eigenvalue weighted by molar-refractivity contribution is 5.95. The molecular formula is C31H32FN7O4. The van der Waals surface area contributed by atoms with E-state index in [1.54, 1.807) is 47.5 Å². The molecule has 5 rings (SSSR count). The standard InChI is InChI=1S/C31H32FN7O4/c1-2-42-31-25(4-3-11-34-31)26-6-8-28(29(37-26)30(41)35-18-21-19-36-39(20-21)14-15-40)43-24-9-12-38(13-10-24)27-7-5-23(32)16-22(27)17-33/h3-8,11,16,19-20,24,40H,2,9-10,12-15,18H2,1H3,(H,35,41). The molecule has 1 aliphatic heterocycles. The Morgan fingerprint density at radius 1 is 1.23 bits per heavy atom. The summed E-state index contributed by atoms with van der Waals surface area (Å²) in [5.41, 5.74) is 3.05. The Hall–Kier alpha value is -5.02. The molecule has 1 amide bonds. The van der Waals surface area contributed by atoms with Crippen molar-refractivity contribution in [3.63, 3.8) is 0 Å². The molecule has 0 unspecified atom stereocenters. The predicted octanol–water partition coefficient (Wildman–Crippen LogP) is 3.72. The van der Waals surface area contributed by atoms with Crippen LogP contribution in [0.5, 0.6) is 11.6 Å². The van der Waals surface area contributed by atoms with E-state index in [1.165, 1.54) is 12.1 Å². The van der Waals surface area contributed by atoms with Crippen molar-refractivity contribution in [2.75, 3.05) is 31.2 Å². The smallest absolute Gasteiger partial charge is 0.274 e. The molecule has 2 N–H and O–H groups in total. The van der Waals surface area contributed by atoms with Gasteiger partial charge in [-0.1, -0.05) is 0 Å². The summed E-state index contributed by atoms with van der Waals surface area (Å²) in [5.74, 6) is -0.106. The number of nitrogens with zero attached hydrogens (tertiary/aromatic N) is 6. The molecular weight excluding hydrogens is 553 g/mol. The van der Waals surface area contributed by atoms with Gasteiger partial charge < -0.3 is 24.8 Å². The summed E-state index contributed by atoms with van der Waals surface area (Å²) < 4.78 is 27.3. The van der Waals surface area contributed by atoms with Gasteiger partial charge in [0.25, 0.3) is 5.91 Å². The van der Waals surface area contributed by atoms with Crippen molar-refractivity contribution in [2.45, 2.75) is 39.0 Å². The Labute approximate surface area is 248 Å². The first-order chi connectivity index (χ1) is 21.0. The van der Waals surface area contributed by atoms with E-state index in [-0.39, 0.29) is 24.9 Å². The lowest BCUT2D eigenvalue weighted by Crippen LogP contribution is -2.39. The zero-order valence-electron chi connectivity index (χ0n) is 23.7. The minimum absolute atomic E-state index is 0.0364.